The highest BCUT2D eigenvalue weighted by Gasteiger charge is 2.46. The predicted octanol–water partition coefficient (Wildman–Crippen LogP) is 1.15. The van der Waals surface area contributed by atoms with Crippen LogP contribution in [0, 0.1) is 0 Å². The minimum atomic E-state index is -1.58. The molecule has 0 spiro atoms. The zero-order valence-electron chi connectivity index (χ0n) is 9.07. The minimum absolute atomic E-state index is 0.0525. The van der Waals surface area contributed by atoms with E-state index in [1.54, 1.807) is 0 Å². The molecule has 1 aliphatic heterocycles. The van der Waals surface area contributed by atoms with E-state index in [9.17, 15) is 9.59 Å². The van der Waals surface area contributed by atoms with Crippen LogP contribution in [-0.4, -0.2) is 47.3 Å². The standard InChI is InChI=1S/C9H12N4O4/c1-2-5-17-8(16)13-4-3-9(6-13,7(14)15)11-12-10/h2H,1,3-6H2,(H,14,15). The molecule has 0 aromatic heterocycles. The van der Waals surface area contributed by atoms with Crippen molar-refractivity contribution in [1.29, 1.82) is 0 Å². The fraction of sp³-hybridized carbons (Fsp3) is 0.556. The number of carbonyl (C=O) groups is 2. The summed E-state index contributed by atoms with van der Waals surface area (Å²) in [6, 6.07) is 0. The topological polar surface area (TPSA) is 116 Å². The second kappa shape index (κ2) is 5.22. The number of nitrogens with zero attached hydrogens (tertiary/aromatic N) is 4. The highest BCUT2D eigenvalue weighted by atomic mass is 16.6. The largest absolute Gasteiger partial charge is 0.481 e. The highest BCUT2D eigenvalue weighted by molar-refractivity contribution is 5.81. The van der Waals surface area contributed by atoms with Gasteiger partial charge in [0.25, 0.3) is 0 Å². The van der Waals surface area contributed by atoms with Gasteiger partial charge in [0.05, 0.1) is 0 Å². The molecule has 0 bridgehead atoms. The molecule has 0 aromatic carbocycles. The molecule has 1 N–H and O–H groups in total. The average Bonchev–Trinajstić information content (AvgIpc) is 2.72. The number of amides is 1. The molecule has 1 fully saturated rings. The fourth-order valence-electron chi connectivity index (χ4n) is 1.56. The molecule has 1 saturated heterocycles. The maximum absolute atomic E-state index is 11.4. The van der Waals surface area contributed by atoms with Crippen molar-refractivity contribution in [3.63, 3.8) is 0 Å². The van der Waals surface area contributed by atoms with Gasteiger partial charge in [0.15, 0.2) is 5.54 Å². The lowest BCUT2D eigenvalue weighted by molar-refractivity contribution is -0.142. The number of hydrogen-bond acceptors (Lipinski definition) is 4. The summed E-state index contributed by atoms with van der Waals surface area (Å²) in [5, 5.41) is 12.3. The molecule has 8 nitrogen and oxygen atoms in total. The molecule has 0 radical (unpaired) electrons. The molecule has 0 aromatic rings. The summed E-state index contributed by atoms with van der Waals surface area (Å²) < 4.78 is 4.77. The summed E-state index contributed by atoms with van der Waals surface area (Å²) in [4.78, 5) is 26.2. The highest BCUT2D eigenvalue weighted by Crippen LogP contribution is 2.26. The molecule has 0 aliphatic carbocycles. The molecule has 1 unspecified atom stereocenters. The lowest BCUT2D eigenvalue weighted by atomic mass is 10.0. The fourth-order valence-corrected chi connectivity index (χ4v) is 1.56. The Balaban J connectivity index is 2.73. The summed E-state index contributed by atoms with van der Waals surface area (Å²) in [6.45, 7) is 3.45. The monoisotopic (exact) mass is 240 g/mol. The van der Waals surface area contributed by atoms with Gasteiger partial charge < -0.3 is 14.7 Å². The SMILES string of the molecule is C=CCOC(=O)N1CCC(N=[N+]=[N-])(C(=O)O)C1. The number of rotatable bonds is 4. The van der Waals surface area contributed by atoms with Crippen molar-refractivity contribution < 1.29 is 19.4 Å². The van der Waals surface area contributed by atoms with E-state index in [4.69, 9.17) is 15.4 Å². The van der Waals surface area contributed by atoms with E-state index in [1.807, 2.05) is 0 Å². The van der Waals surface area contributed by atoms with Crippen LogP contribution in [-0.2, 0) is 9.53 Å². The third-order valence-electron chi connectivity index (χ3n) is 2.46. The number of carboxylic acid groups (broad SMARTS) is 1. The summed E-state index contributed by atoms with van der Waals surface area (Å²) in [5.74, 6) is -1.24. The van der Waals surface area contributed by atoms with Gasteiger partial charge >= 0.3 is 12.1 Å². The molecular weight excluding hydrogens is 228 g/mol. The Hall–Kier alpha value is -2.21. The zero-order chi connectivity index (χ0) is 12.9. The Morgan fingerprint density at radius 2 is 2.41 bits per heavy atom. The van der Waals surface area contributed by atoms with Crippen LogP contribution in [0.15, 0.2) is 17.8 Å². The van der Waals surface area contributed by atoms with Gasteiger partial charge in [-0.3, -0.25) is 4.79 Å². The van der Waals surface area contributed by atoms with Crippen LogP contribution >= 0.6 is 0 Å². The maximum Gasteiger partial charge on any atom is 0.410 e. The van der Waals surface area contributed by atoms with E-state index < -0.39 is 17.6 Å². The van der Waals surface area contributed by atoms with Gasteiger partial charge in [-0.05, 0) is 12.0 Å². The second-order valence-electron chi connectivity index (χ2n) is 3.56. The van der Waals surface area contributed by atoms with Gasteiger partial charge in [-0.25, -0.2) is 4.79 Å². The molecule has 8 heteroatoms. The molecule has 0 saturated carbocycles. The molecule has 1 amide bonds. The molecule has 92 valence electrons. The maximum atomic E-state index is 11.4. The van der Waals surface area contributed by atoms with Gasteiger partial charge in [0.2, 0.25) is 0 Å². The van der Waals surface area contributed by atoms with Crippen LogP contribution in [0.5, 0.6) is 0 Å². The zero-order valence-corrected chi connectivity index (χ0v) is 9.07. The molecule has 17 heavy (non-hydrogen) atoms. The van der Waals surface area contributed by atoms with Crippen LogP contribution < -0.4 is 0 Å². The van der Waals surface area contributed by atoms with E-state index in [0.29, 0.717) is 0 Å². The van der Waals surface area contributed by atoms with Crippen LogP contribution in [0.4, 0.5) is 4.79 Å². The van der Waals surface area contributed by atoms with Gasteiger partial charge in [-0.1, -0.05) is 17.8 Å². The first kappa shape index (κ1) is 12.9. The normalized spacial score (nSPS) is 22.7. The molecule has 1 aliphatic rings. The number of ether oxygens (including phenoxy) is 1. The summed E-state index contributed by atoms with van der Waals surface area (Å²) in [5.41, 5.74) is 6.77. The van der Waals surface area contributed by atoms with Crippen LogP contribution in [0.1, 0.15) is 6.42 Å². The minimum Gasteiger partial charge on any atom is -0.481 e. The number of azide groups is 1. The van der Waals surface area contributed by atoms with Crippen LogP contribution in [0.25, 0.3) is 10.4 Å². The van der Waals surface area contributed by atoms with E-state index in [1.165, 1.54) is 11.0 Å². The smallest absolute Gasteiger partial charge is 0.410 e. The van der Waals surface area contributed by atoms with Crippen molar-refractivity contribution in [2.75, 3.05) is 19.7 Å². The Morgan fingerprint density at radius 3 is 2.94 bits per heavy atom. The number of carbonyl (C=O) groups excluding carboxylic acids is 1. The predicted molar refractivity (Wildman–Crippen MR) is 57.2 cm³/mol. The molecule has 1 rings (SSSR count). The van der Waals surface area contributed by atoms with Gasteiger partial charge in [-0.2, -0.15) is 0 Å². The first-order valence-corrected chi connectivity index (χ1v) is 4.88. The Labute approximate surface area is 97.1 Å². The van der Waals surface area contributed by atoms with Crippen molar-refractivity contribution in [3.05, 3.63) is 23.1 Å². The third-order valence-corrected chi connectivity index (χ3v) is 2.46. The number of carboxylic acids is 1. The van der Waals surface area contributed by atoms with E-state index >= 15 is 0 Å². The van der Waals surface area contributed by atoms with Crippen molar-refractivity contribution in [1.82, 2.24) is 4.90 Å². The lowest BCUT2D eigenvalue weighted by Gasteiger charge is -2.19. The Kier molecular flexibility index (Phi) is 3.95. The van der Waals surface area contributed by atoms with Gasteiger partial charge in [0.1, 0.15) is 6.61 Å². The van der Waals surface area contributed by atoms with Crippen molar-refractivity contribution in [3.8, 4) is 0 Å². The van der Waals surface area contributed by atoms with Gasteiger partial charge in [-0.15, -0.1) is 0 Å². The van der Waals surface area contributed by atoms with Crippen molar-refractivity contribution in [2.24, 2.45) is 5.11 Å². The van der Waals surface area contributed by atoms with Gasteiger partial charge in [0, 0.05) is 18.0 Å². The van der Waals surface area contributed by atoms with Crippen molar-refractivity contribution in [2.45, 2.75) is 12.0 Å². The Morgan fingerprint density at radius 1 is 1.71 bits per heavy atom. The van der Waals surface area contributed by atoms with Crippen molar-refractivity contribution >= 4 is 12.1 Å². The molecular formula is C9H12N4O4. The van der Waals surface area contributed by atoms with Crippen LogP contribution in [0.3, 0.4) is 0 Å². The van der Waals surface area contributed by atoms with E-state index in [0.717, 1.165) is 0 Å². The second-order valence-corrected chi connectivity index (χ2v) is 3.56. The lowest BCUT2D eigenvalue weighted by Crippen LogP contribution is -2.41. The van der Waals surface area contributed by atoms with Crippen LogP contribution in [0.2, 0.25) is 0 Å². The summed E-state index contributed by atoms with van der Waals surface area (Å²) in [7, 11) is 0. The van der Waals surface area contributed by atoms with E-state index in [-0.39, 0.29) is 26.1 Å². The summed E-state index contributed by atoms with van der Waals surface area (Å²) in [6.07, 6.45) is 0.850. The molecule has 1 atom stereocenters. The first-order valence-electron chi connectivity index (χ1n) is 4.88. The first-order chi connectivity index (χ1) is 8.05. The number of likely N-dealkylation sites (tertiary alicyclic amines) is 1. The average molecular weight is 240 g/mol. The number of hydrogen-bond donors (Lipinski definition) is 1. The van der Waals surface area contributed by atoms with E-state index in [2.05, 4.69) is 16.6 Å². The number of aliphatic carboxylic acids is 1. The quantitative estimate of drug-likeness (QED) is 0.343. The summed E-state index contributed by atoms with van der Waals surface area (Å²) >= 11 is 0. The molecule has 1 heterocycles. The Bertz CT molecular complexity index is 386. The third kappa shape index (κ3) is 2.67.